The lowest BCUT2D eigenvalue weighted by atomic mass is 10.2. The highest BCUT2D eigenvalue weighted by Gasteiger charge is 2.16. The van der Waals surface area contributed by atoms with Gasteiger partial charge in [0.15, 0.2) is 0 Å². The van der Waals surface area contributed by atoms with Crippen molar-refractivity contribution in [2.24, 2.45) is 0 Å². The van der Waals surface area contributed by atoms with E-state index in [9.17, 15) is 9.59 Å². The van der Waals surface area contributed by atoms with Crippen LogP contribution in [0.15, 0.2) is 0 Å². The Hall–Kier alpha value is -0.360. The zero-order valence-corrected chi connectivity index (χ0v) is 10.4. The van der Waals surface area contributed by atoms with Crippen LogP contribution < -0.4 is 10.6 Å². The fourth-order valence-corrected chi connectivity index (χ4v) is 3.66. The zero-order valence-electron chi connectivity index (χ0n) is 8.75. The van der Waals surface area contributed by atoms with Gasteiger partial charge in [0.05, 0.1) is 0 Å². The van der Waals surface area contributed by atoms with Gasteiger partial charge in [-0.2, -0.15) is 0 Å². The van der Waals surface area contributed by atoms with Crippen molar-refractivity contribution in [3.63, 3.8) is 0 Å². The summed E-state index contributed by atoms with van der Waals surface area (Å²) in [4.78, 5) is 22.3. The van der Waals surface area contributed by atoms with Gasteiger partial charge in [-0.3, -0.25) is 9.59 Å². The minimum absolute atomic E-state index is 0.0175. The molecule has 15 heavy (non-hydrogen) atoms. The molecule has 0 saturated carbocycles. The Morgan fingerprint density at radius 3 is 2.60 bits per heavy atom. The van der Waals surface area contributed by atoms with Crippen LogP contribution in [0.25, 0.3) is 0 Å². The molecule has 1 aliphatic heterocycles. The van der Waals surface area contributed by atoms with Gasteiger partial charge in [-0.05, 0) is 6.42 Å². The summed E-state index contributed by atoms with van der Waals surface area (Å²) in [6.45, 7) is 0. The molecule has 2 N–H and O–H groups in total. The summed E-state index contributed by atoms with van der Waals surface area (Å²) in [5.41, 5.74) is 0. The van der Waals surface area contributed by atoms with Crippen LogP contribution in [0.4, 0.5) is 0 Å². The first kappa shape index (κ1) is 12.7. The van der Waals surface area contributed by atoms with Crippen molar-refractivity contribution in [2.45, 2.75) is 25.3 Å². The average Bonchev–Trinajstić information content (AvgIpc) is 2.27. The van der Waals surface area contributed by atoms with Crippen molar-refractivity contribution in [3.05, 3.63) is 0 Å². The Kier molecular flexibility index (Phi) is 5.93. The van der Waals surface area contributed by atoms with E-state index in [0.717, 1.165) is 17.9 Å². The highest BCUT2D eigenvalue weighted by Crippen LogP contribution is 2.29. The first-order valence-corrected chi connectivity index (χ1v) is 7.45. The molecule has 6 heteroatoms. The van der Waals surface area contributed by atoms with Crippen molar-refractivity contribution in [1.29, 1.82) is 0 Å². The number of nitrogens with one attached hydrogen (secondary N) is 2. The van der Waals surface area contributed by atoms with Crippen LogP contribution in [-0.2, 0) is 9.59 Å². The molecule has 0 unspecified atom stereocenters. The maximum absolute atomic E-state index is 11.4. The molecule has 1 aliphatic rings. The van der Waals surface area contributed by atoms with Crippen LogP contribution in [0.2, 0.25) is 0 Å². The molecule has 4 nitrogen and oxygen atoms in total. The monoisotopic (exact) mass is 248 g/mol. The molecular formula is C9H16N2O2S2. The van der Waals surface area contributed by atoms with E-state index in [2.05, 4.69) is 10.6 Å². The molecule has 1 atom stereocenters. The van der Waals surface area contributed by atoms with Crippen molar-refractivity contribution in [2.75, 3.05) is 18.6 Å². The lowest BCUT2D eigenvalue weighted by Gasteiger charge is -2.21. The molecule has 0 aromatic rings. The van der Waals surface area contributed by atoms with Gasteiger partial charge < -0.3 is 10.6 Å². The molecule has 0 aromatic carbocycles. The number of hydrogen-bond donors (Lipinski definition) is 2. The Balaban J connectivity index is 2.14. The second-order valence-corrected chi connectivity index (χ2v) is 5.96. The third kappa shape index (κ3) is 5.32. The van der Waals surface area contributed by atoms with Gasteiger partial charge in [0.2, 0.25) is 11.8 Å². The zero-order chi connectivity index (χ0) is 11.1. The molecule has 0 spiro atoms. The van der Waals surface area contributed by atoms with E-state index in [-0.39, 0.29) is 30.7 Å². The topological polar surface area (TPSA) is 58.2 Å². The Bertz CT molecular complexity index is 230. The van der Waals surface area contributed by atoms with Gasteiger partial charge >= 0.3 is 0 Å². The first-order chi connectivity index (χ1) is 7.22. The summed E-state index contributed by atoms with van der Waals surface area (Å²) in [6.07, 6.45) is 1.59. The van der Waals surface area contributed by atoms with E-state index in [1.807, 2.05) is 10.8 Å². The predicted octanol–water partition coefficient (Wildman–Crippen LogP) is 0.783. The average molecular weight is 248 g/mol. The Labute approximate surface area is 97.7 Å². The smallest absolute Gasteiger partial charge is 0.220 e. The van der Waals surface area contributed by atoms with Gasteiger partial charge in [-0.25, -0.2) is 0 Å². The van der Waals surface area contributed by atoms with Gasteiger partial charge in [0.25, 0.3) is 0 Å². The van der Waals surface area contributed by atoms with Crippen LogP contribution >= 0.6 is 21.6 Å². The van der Waals surface area contributed by atoms with Crippen LogP contribution in [0, 0.1) is 0 Å². The fourth-order valence-electron chi connectivity index (χ4n) is 1.23. The second kappa shape index (κ2) is 7.00. The lowest BCUT2D eigenvalue weighted by Crippen LogP contribution is -2.38. The van der Waals surface area contributed by atoms with Gasteiger partial charge in [0.1, 0.15) is 0 Å². The SMILES string of the molecule is CNC(=O)CCC(=O)N[C@H]1CCSSC1. The lowest BCUT2D eigenvalue weighted by molar-refractivity contribution is -0.126. The molecule has 0 radical (unpaired) electrons. The summed E-state index contributed by atoms with van der Waals surface area (Å²) < 4.78 is 0. The highest BCUT2D eigenvalue weighted by atomic mass is 33.1. The minimum atomic E-state index is -0.0845. The van der Waals surface area contributed by atoms with Gasteiger partial charge in [-0.15, -0.1) is 0 Å². The van der Waals surface area contributed by atoms with E-state index < -0.39 is 0 Å². The number of amides is 2. The molecular weight excluding hydrogens is 232 g/mol. The van der Waals surface area contributed by atoms with Gasteiger partial charge in [0, 0.05) is 37.4 Å². The highest BCUT2D eigenvalue weighted by molar-refractivity contribution is 8.76. The maximum Gasteiger partial charge on any atom is 0.220 e. The summed E-state index contributed by atoms with van der Waals surface area (Å²) >= 11 is 0. The number of carbonyl (C=O) groups is 2. The fraction of sp³-hybridized carbons (Fsp3) is 0.778. The number of rotatable bonds is 4. The van der Waals surface area contributed by atoms with Crippen LogP contribution in [-0.4, -0.2) is 36.4 Å². The molecule has 2 amide bonds. The summed E-state index contributed by atoms with van der Waals surface area (Å²) in [5.74, 6) is 1.95. The molecule has 0 bridgehead atoms. The standard InChI is InChI=1S/C9H16N2O2S2/c1-10-8(12)2-3-9(13)11-7-4-5-14-15-6-7/h7H,2-6H2,1H3,(H,10,12)(H,11,13)/t7-/m0/s1. The van der Waals surface area contributed by atoms with Crippen molar-refractivity contribution < 1.29 is 9.59 Å². The van der Waals surface area contributed by atoms with Crippen LogP contribution in [0.3, 0.4) is 0 Å². The largest absolute Gasteiger partial charge is 0.359 e. The number of carbonyl (C=O) groups excluding carboxylic acids is 2. The van der Waals surface area contributed by atoms with E-state index in [1.54, 1.807) is 17.8 Å². The maximum atomic E-state index is 11.4. The van der Waals surface area contributed by atoms with E-state index >= 15 is 0 Å². The first-order valence-electron chi connectivity index (χ1n) is 4.96. The molecule has 1 fully saturated rings. The van der Waals surface area contributed by atoms with Crippen molar-refractivity contribution in [3.8, 4) is 0 Å². The van der Waals surface area contributed by atoms with Gasteiger partial charge in [-0.1, -0.05) is 21.6 Å². The number of hydrogen-bond acceptors (Lipinski definition) is 4. The third-order valence-corrected chi connectivity index (χ3v) is 4.64. The summed E-state index contributed by atoms with van der Waals surface area (Å²) in [7, 11) is 5.22. The second-order valence-electron chi connectivity index (χ2n) is 3.33. The Morgan fingerprint density at radius 1 is 1.27 bits per heavy atom. The molecule has 1 rings (SSSR count). The Morgan fingerprint density at radius 2 is 2.00 bits per heavy atom. The van der Waals surface area contributed by atoms with E-state index in [1.165, 1.54) is 0 Å². The molecule has 0 aromatic heterocycles. The van der Waals surface area contributed by atoms with Crippen molar-refractivity contribution in [1.82, 2.24) is 10.6 Å². The predicted molar refractivity (Wildman–Crippen MR) is 64.8 cm³/mol. The summed E-state index contributed by atoms with van der Waals surface area (Å²) in [5, 5.41) is 5.44. The quantitative estimate of drug-likeness (QED) is 0.722. The van der Waals surface area contributed by atoms with E-state index in [0.29, 0.717) is 0 Å². The normalized spacial score (nSPS) is 20.7. The summed E-state index contributed by atoms with van der Waals surface area (Å²) in [6, 6.07) is 0.286. The molecule has 86 valence electrons. The van der Waals surface area contributed by atoms with E-state index in [4.69, 9.17) is 0 Å². The molecule has 1 saturated heterocycles. The van der Waals surface area contributed by atoms with Crippen molar-refractivity contribution >= 4 is 33.4 Å². The molecule has 1 heterocycles. The third-order valence-electron chi connectivity index (χ3n) is 2.13. The van der Waals surface area contributed by atoms with Crippen LogP contribution in [0.1, 0.15) is 19.3 Å². The van der Waals surface area contributed by atoms with Crippen LogP contribution in [0.5, 0.6) is 0 Å². The molecule has 0 aliphatic carbocycles. The minimum Gasteiger partial charge on any atom is -0.359 e.